The van der Waals surface area contributed by atoms with E-state index in [1.54, 1.807) is 0 Å². The molecule has 2 aromatic rings. The zero-order valence-corrected chi connectivity index (χ0v) is 10.7. The van der Waals surface area contributed by atoms with E-state index < -0.39 is 0 Å². The standard InChI is InChI=1S/C12H12BrN3O/c13-8-3-5-9(6-4-8)16-12(17)10(14)11(15-16)7-1-2-7/h3-7,15H,1-2,14H2. The predicted octanol–water partition coefficient (Wildman–Crippen LogP) is 2.39. The summed E-state index contributed by atoms with van der Waals surface area (Å²) in [6.07, 6.45) is 2.23. The molecule has 3 rings (SSSR count). The lowest BCUT2D eigenvalue weighted by Gasteiger charge is -2.01. The highest BCUT2D eigenvalue weighted by Gasteiger charge is 2.29. The Balaban J connectivity index is 2.11. The SMILES string of the molecule is Nc1c(C2CC2)[nH]n(-c2ccc(Br)cc2)c1=O. The van der Waals surface area contributed by atoms with Crippen LogP contribution in [0.3, 0.4) is 0 Å². The van der Waals surface area contributed by atoms with Gasteiger partial charge in [-0.1, -0.05) is 15.9 Å². The number of rotatable bonds is 2. The molecule has 1 fully saturated rings. The lowest BCUT2D eigenvalue weighted by molar-refractivity contribution is 0.816. The minimum absolute atomic E-state index is 0.158. The van der Waals surface area contributed by atoms with E-state index in [9.17, 15) is 4.79 Å². The van der Waals surface area contributed by atoms with Crippen LogP contribution < -0.4 is 11.3 Å². The summed E-state index contributed by atoms with van der Waals surface area (Å²) in [4.78, 5) is 12.0. The first-order valence-corrected chi connectivity index (χ1v) is 6.32. The molecular formula is C12H12BrN3O. The number of nitrogens with two attached hydrogens (primary N) is 1. The van der Waals surface area contributed by atoms with Crippen LogP contribution in [-0.4, -0.2) is 9.78 Å². The average molecular weight is 294 g/mol. The van der Waals surface area contributed by atoms with Crippen molar-refractivity contribution in [3.8, 4) is 5.69 Å². The third-order valence-corrected chi connectivity index (χ3v) is 3.56. The van der Waals surface area contributed by atoms with Crippen LogP contribution >= 0.6 is 15.9 Å². The number of aromatic amines is 1. The molecule has 1 saturated carbocycles. The molecule has 0 unspecified atom stereocenters. The van der Waals surface area contributed by atoms with Gasteiger partial charge in [0.05, 0.1) is 11.4 Å². The van der Waals surface area contributed by atoms with Crippen molar-refractivity contribution in [1.82, 2.24) is 9.78 Å². The lowest BCUT2D eigenvalue weighted by Crippen LogP contribution is -2.16. The van der Waals surface area contributed by atoms with Crippen molar-refractivity contribution in [2.45, 2.75) is 18.8 Å². The highest BCUT2D eigenvalue weighted by atomic mass is 79.9. The summed E-state index contributed by atoms with van der Waals surface area (Å²) in [6, 6.07) is 7.54. The van der Waals surface area contributed by atoms with E-state index in [4.69, 9.17) is 5.73 Å². The van der Waals surface area contributed by atoms with Crippen LogP contribution in [-0.2, 0) is 0 Å². The largest absolute Gasteiger partial charge is 0.393 e. The van der Waals surface area contributed by atoms with Crippen LogP contribution in [0.1, 0.15) is 24.5 Å². The summed E-state index contributed by atoms with van der Waals surface area (Å²) in [6.45, 7) is 0. The Morgan fingerprint density at radius 1 is 1.29 bits per heavy atom. The Morgan fingerprint density at radius 3 is 2.53 bits per heavy atom. The van der Waals surface area contributed by atoms with E-state index in [-0.39, 0.29) is 5.56 Å². The molecule has 1 aromatic carbocycles. The quantitative estimate of drug-likeness (QED) is 0.893. The molecule has 0 saturated heterocycles. The van der Waals surface area contributed by atoms with E-state index >= 15 is 0 Å². The highest BCUT2D eigenvalue weighted by molar-refractivity contribution is 9.10. The van der Waals surface area contributed by atoms with Gasteiger partial charge in [0.1, 0.15) is 5.69 Å². The summed E-state index contributed by atoms with van der Waals surface area (Å²) in [5.41, 5.74) is 7.73. The Bertz CT molecular complexity index is 608. The molecule has 4 nitrogen and oxygen atoms in total. The highest BCUT2D eigenvalue weighted by Crippen LogP contribution is 2.40. The summed E-state index contributed by atoms with van der Waals surface area (Å²) >= 11 is 3.37. The average Bonchev–Trinajstić information content (AvgIpc) is 3.11. The van der Waals surface area contributed by atoms with Crippen LogP contribution in [0, 0.1) is 0 Å². The molecule has 1 aliphatic rings. The molecule has 1 aromatic heterocycles. The predicted molar refractivity (Wildman–Crippen MR) is 70.5 cm³/mol. The number of nitrogens with one attached hydrogen (secondary N) is 1. The number of hydrogen-bond acceptors (Lipinski definition) is 2. The maximum Gasteiger partial charge on any atom is 0.294 e. The van der Waals surface area contributed by atoms with Gasteiger partial charge in [-0.25, -0.2) is 4.68 Å². The van der Waals surface area contributed by atoms with Gasteiger partial charge in [-0.15, -0.1) is 0 Å². The Morgan fingerprint density at radius 2 is 1.94 bits per heavy atom. The molecule has 1 heterocycles. The first-order valence-electron chi connectivity index (χ1n) is 5.53. The fourth-order valence-electron chi connectivity index (χ4n) is 1.92. The second kappa shape index (κ2) is 3.77. The fourth-order valence-corrected chi connectivity index (χ4v) is 2.19. The van der Waals surface area contributed by atoms with Crippen molar-refractivity contribution in [1.29, 1.82) is 0 Å². The maximum atomic E-state index is 12.0. The van der Waals surface area contributed by atoms with Crippen molar-refractivity contribution in [3.05, 3.63) is 44.8 Å². The molecule has 0 bridgehead atoms. The molecule has 1 aliphatic carbocycles. The van der Waals surface area contributed by atoms with E-state index in [2.05, 4.69) is 21.0 Å². The number of anilines is 1. The number of hydrogen-bond donors (Lipinski definition) is 2. The second-order valence-electron chi connectivity index (χ2n) is 4.33. The zero-order chi connectivity index (χ0) is 12.0. The molecule has 17 heavy (non-hydrogen) atoms. The number of benzene rings is 1. The first kappa shape index (κ1) is 10.7. The van der Waals surface area contributed by atoms with Crippen molar-refractivity contribution >= 4 is 21.6 Å². The first-order chi connectivity index (χ1) is 8.16. The van der Waals surface area contributed by atoms with E-state index in [0.29, 0.717) is 11.6 Å². The van der Waals surface area contributed by atoms with Crippen LogP contribution in [0.25, 0.3) is 5.69 Å². The van der Waals surface area contributed by atoms with Crippen LogP contribution in [0.2, 0.25) is 0 Å². The van der Waals surface area contributed by atoms with Gasteiger partial charge in [0.2, 0.25) is 0 Å². The van der Waals surface area contributed by atoms with Crippen LogP contribution in [0.5, 0.6) is 0 Å². The van der Waals surface area contributed by atoms with Gasteiger partial charge in [0.25, 0.3) is 5.56 Å². The molecule has 5 heteroatoms. The molecule has 88 valence electrons. The molecule has 0 atom stereocenters. The van der Waals surface area contributed by atoms with Gasteiger partial charge in [-0.2, -0.15) is 0 Å². The van der Waals surface area contributed by atoms with Gasteiger partial charge in [-0.3, -0.25) is 9.89 Å². The fraction of sp³-hybridized carbons (Fsp3) is 0.250. The van der Waals surface area contributed by atoms with Crippen molar-refractivity contribution < 1.29 is 0 Å². The number of H-pyrrole nitrogens is 1. The van der Waals surface area contributed by atoms with Crippen molar-refractivity contribution in [2.24, 2.45) is 0 Å². The van der Waals surface area contributed by atoms with E-state index in [1.807, 2.05) is 24.3 Å². The Hall–Kier alpha value is -1.49. The molecule has 0 aliphatic heterocycles. The molecule has 0 amide bonds. The van der Waals surface area contributed by atoms with Gasteiger partial charge in [-0.05, 0) is 37.1 Å². The second-order valence-corrected chi connectivity index (χ2v) is 5.25. The normalized spacial score (nSPS) is 15.1. The number of aromatic nitrogens is 2. The molecule has 3 N–H and O–H groups in total. The minimum atomic E-state index is -0.158. The molecular weight excluding hydrogens is 282 g/mol. The van der Waals surface area contributed by atoms with E-state index in [0.717, 1.165) is 28.7 Å². The summed E-state index contributed by atoms with van der Waals surface area (Å²) in [5.74, 6) is 0.444. The van der Waals surface area contributed by atoms with Gasteiger partial charge >= 0.3 is 0 Å². The molecule has 0 radical (unpaired) electrons. The minimum Gasteiger partial charge on any atom is -0.393 e. The smallest absolute Gasteiger partial charge is 0.294 e. The summed E-state index contributed by atoms with van der Waals surface area (Å²) in [7, 11) is 0. The Labute approximate surface area is 107 Å². The topological polar surface area (TPSA) is 63.8 Å². The summed E-state index contributed by atoms with van der Waals surface area (Å²) in [5, 5.41) is 3.11. The monoisotopic (exact) mass is 293 g/mol. The zero-order valence-electron chi connectivity index (χ0n) is 9.11. The van der Waals surface area contributed by atoms with Gasteiger partial charge in [0.15, 0.2) is 0 Å². The van der Waals surface area contributed by atoms with Crippen LogP contribution in [0.4, 0.5) is 5.69 Å². The Kier molecular flexibility index (Phi) is 2.36. The van der Waals surface area contributed by atoms with Crippen molar-refractivity contribution in [2.75, 3.05) is 5.73 Å². The lowest BCUT2D eigenvalue weighted by atomic mass is 10.3. The third-order valence-electron chi connectivity index (χ3n) is 3.03. The van der Waals surface area contributed by atoms with Crippen LogP contribution in [0.15, 0.2) is 33.5 Å². The van der Waals surface area contributed by atoms with Gasteiger partial charge < -0.3 is 5.73 Å². The number of nitrogens with zero attached hydrogens (tertiary/aromatic N) is 1. The number of nitrogen functional groups attached to an aromatic ring is 1. The maximum absolute atomic E-state index is 12.0. The third kappa shape index (κ3) is 1.80. The van der Waals surface area contributed by atoms with Gasteiger partial charge in [0, 0.05) is 10.4 Å². The molecule has 0 spiro atoms. The summed E-state index contributed by atoms with van der Waals surface area (Å²) < 4.78 is 2.49. The number of halogens is 1. The van der Waals surface area contributed by atoms with E-state index in [1.165, 1.54) is 4.68 Å². The van der Waals surface area contributed by atoms with Crippen molar-refractivity contribution in [3.63, 3.8) is 0 Å².